The van der Waals surface area contributed by atoms with Crippen LogP contribution >= 0.6 is 0 Å². The summed E-state index contributed by atoms with van der Waals surface area (Å²) < 4.78 is 26.3. The molecule has 5 atom stereocenters. The second-order valence-corrected chi connectivity index (χ2v) is 9.09. The van der Waals surface area contributed by atoms with Crippen LogP contribution < -0.4 is 10.6 Å². The van der Waals surface area contributed by atoms with Crippen LogP contribution in [-0.4, -0.2) is 85.3 Å². The molecule has 0 aliphatic carbocycles. The highest BCUT2D eigenvalue weighted by molar-refractivity contribution is 5.78. The van der Waals surface area contributed by atoms with Crippen LogP contribution in [0.2, 0.25) is 0 Å². The van der Waals surface area contributed by atoms with Gasteiger partial charge in [-0.3, -0.25) is 33.6 Å². The molecule has 14 heteroatoms. The number of amides is 2. The number of carbonyl (C=O) groups excluding carboxylic acids is 7. The lowest BCUT2D eigenvalue weighted by atomic mass is 9.93. The summed E-state index contributed by atoms with van der Waals surface area (Å²) in [6.07, 6.45) is -3.13. The molecule has 40 heavy (non-hydrogen) atoms. The van der Waals surface area contributed by atoms with Crippen molar-refractivity contribution in [1.29, 1.82) is 0 Å². The van der Waals surface area contributed by atoms with Gasteiger partial charge in [0.25, 0.3) is 0 Å². The monoisotopic (exact) mass is 574 g/mol. The molecule has 228 valence electrons. The number of rotatable bonds is 18. The Balaban J connectivity index is 6.59. The molecule has 0 unspecified atom stereocenters. The van der Waals surface area contributed by atoms with E-state index in [1.54, 1.807) is 0 Å². The fraction of sp³-hybridized carbons (Fsp3) is 0.731. The van der Waals surface area contributed by atoms with Crippen LogP contribution in [0.4, 0.5) is 0 Å². The fourth-order valence-corrected chi connectivity index (χ4v) is 3.80. The van der Waals surface area contributed by atoms with Crippen LogP contribution in [0.3, 0.4) is 0 Å². The van der Waals surface area contributed by atoms with Crippen molar-refractivity contribution in [2.75, 3.05) is 13.2 Å². The maximum absolute atomic E-state index is 12.8. The molecular weight excluding hydrogens is 532 g/mol. The van der Waals surface area contributed by atoms with Crippen LogP contribution in [0.15, 0.2) is 0 Å². The molecule has 14 nitrogen and oxygen atoms in total. The smallest absolute Gasteiger partial charge is 0.303 e. The number of ether oxygens (including phenoxy) is 5. The van der Waals surface area contributed by atoms with Crippen LogP contribution in [0.5, 0.6) is 0 Å². The van der Waals surface area contributed by atoms with Gasteiger partial charge in [0.2, 0.25) is 11.8 Å². The minimum atomic E-state index is -1.67. The zero-order valence-corrected chi connectivity index (χ0v) is 24.2. The second kappa shape index (κ2) is 19.4. The molecular formula is C26H42N2O12. The molecule has 0 rings (SSSR count). The molecule has 0 fully saturated rings. The average molecular weight is 575 g/mol. The van der Waals surface area contributed by atoms with Gasteiger partial charge < -0.3 is 34.3 Å². The van der Waals surface area contributed by atoms with E-state index in [4.69, 9.17) is 23.7 Å². The second-order valence-electron chi connectivity index (χ2n) is 9.09. The number of unbranched alkanes of at least 4 members (excludes halogenated alkanes) is 3. The Labute approximate surface area is 234 Å². The first-order valence-electron chi connectivity index (χ1n) is 13.0. The van der Waals surface area contributed by atoms with Gasteiger partial charge in [-0.05, 0) is 6.42 Å². The average Bonchev–Trinajstić information content (AvgIpc) is 2.81. The van der Waals surface area contributed by atoms with Crippen molar-refractivity contribution < 1.29 is 57.2 Å². The van der Waals surface area contributed by atoms with Gasteiger partial charge in [0.1, 0.15) is 18.8 Å². The highest BCUT2D eigenvalue weighted by Crippen LogP contribution is 2.23. The largest absolute Gasteiger partial charge is 0.462 e. The van der Waals surface area contributed by atoms with E-state index in [-0.39, 0.29) is 0 Å². The Morgan fingerprint density at radius 1 is 0.625 bits per heavy atom. The van der Waals surface area contributed by atoms with Crippen LogP contribution in [0, 0.1) is 0 Å². The minimum Gasteiger partial charge on any atom is -0.462 e. The van der Waals surface area contributed by atoms with E-state index in [2.05, 4.69) is 10.6 Å². The zero-order chi connectivity index (χ0) is 30.8. The van der Waals surface area contributed by atoms with Gasteiger partial charge in [-0.1, -0.05) is 26.2 Å². The van der Waals surface area contributed by atoms with Gasteiger partial charge >= 0.3 is 29.8 Å². The molecule has 2 amide bonds. The Morgan fingerprint density at radius 3 is 1.62 bits per heavy atom. The van der Waals surface area contributed by atoms with E-state index >= 15 is 0 Å². The summed E-state index contributed by atoms with van der Waals surface area (Å²) >= 11 is 0. The molecule has 0 spiro atoms. The highest BCUT2D eigenvalue weighted by atomic mass is 16.6. The van der Waals surface area contributed by atoms with Crippen molar-refractivity contribution in [2.45, 2.75) is 111 Å². The lowest BCUT2D eigenvalue weighted by Gasteiger charge is -2.38. The topological polar surface area (TPSA) is 190 Å². The number of esters is 5. The molecule has 0 aromatic rings. The molecule has 0 radical (unpaired) electrons. The normalized spacial score (nSPS) is 14.3. The summed E-state index contributed by atoms with van der Waals surface area (Å²) in [5, 5.41) is 5.21. The first kappa shape index (κ1) is 36.3. The first-order chi connectivity index (χ1) is 18.7. The van der Waals surface area contributed by atoms with Gasteiger partial charge in [0, 0.05) is 48.1 Å². The molecule has 0 aromatic carbocycles. The Kier molecular flexibility index (Phi) is 17.6. The third-order valence-electron chi connectivity index (χ3n) is 5.24. The van der Waals surface area contributed by atoms with Gasteiger partial charge in [-0.2, -0.15) is 0 Å². The van der Waals surface area contributed by atoms with Crippen molar-refractivity contribution in [3.05, 3.63) is 0 Å². The molecule has 0 bridgehead atoms. The van der Waals surface area contributed by atoms with Crippen molar-refractivity contribution in [1.82, 2.24) is 10.6 Å². The highest BCUT2D eigenvalue weighted by Gasteiger charge is 2.47. The van der Waals surface area contributed by atoms with Crippen molar-refractivity contribution in [2.24, 2.45) is 0 Å². The van der Waals surface area contributed by atoms with Crippen LogP contribution in [-0.2, 0) is 57.2 Å². The molecule has 0 aliphatic rings. The van der Waals surface area contributed by atoms with E-state index in [1.165, 1.54) is 0 Å². The first-order valence-corrected chi connectivity index (χ1v) is 13.0. The zero-order valence-electron chi connectivity index (χ0n) is 24.2. The summed E-state index contributed by atoms with van der Waals surface area (Å²) in [7, 11) is 0. The van der Waals surface area contributed by atoms with E-state index in [9.17, 15) is 33.6 Å². The van der Waals surface area contributed by atoms with Gasteiger partial charge in [0.05, 0.1) is 6.42 Å². The lowest BCUT2D eigenvalue weighted by Crippen LogP contribution is -2.61. The predicted molar refractivity (Wildman–Crippen MR) is 138 cm³/mol. The van der Waals surface area contributed by atoms with E-state index in [0.29, 0.717) is 6.54 Å². The molecule has 0 heterocycles. The number of carbonyl (C=O) groups is 7. The van der Waals surface area contributed by atoms with Crippen LogP contribution in [0.1, 0.15) is 80.6 Å². The summed E-state index contributed by atoms with van der Waals surface area (Å²) in [5.74, 6) is -5.45. The quantitative estimate of drug-likeness (QED) is 0.134. The maximum Gasteiger partial charge on any atom is 0.303 e. The third kappa shape index (κ3) is 16.3. The van der Waals surface area contributed by atoms with Crippen molar-refractivity contribution in [3.8, 4) is 0 Å². The summed E-state index contributed by atoms with van der Waals surface area (Å²) in [6, 6.07) is -1.48. The van der Waals surface area contributed by atoms with Crippen molar-refractivity contribution >= 4 is 41.7 Å². The SMILES string of the molecule is CCCCCCNC(=O)C[C@H](OC(C)=O)[C@@H](NC(C)=O)[C@@H](OC(C)=O)[C@H](OC(C)=O)[C@@H](COC(C)=O)OC(C)=O. The van der Waals surface area contributed by atoms with Gasteiger partial charge in [0.15, 0.2) is 18.3 Å². The van der Waals surface area contributed by atoms with E-state index < -0.39 is 85.1 Å². The van der Waals surface area contributed by atoms with E-state index in [1.807, 2.05) is 6.92 Å². The van der Waals surface area contributed by atoms with Gasteiger partial charge in [-0.15, -0.1) is 0 Å². The van der Waals surface area contributed by atoms with Crippen molar-refractivity contribution in [3.63, 3.8) is 0 Å². The molecule has 0 saturated heterocycles. The maximum atomic E-state index is 12.8. The van der Waals surface area contributed by atoms with Gasteiger partial charge in [-0.25, -0.2) is 0 Å². The Morgan fingerprint density at radius 2 is 1.15 bits per heavy atom. The number of hydrogen-bond donors (Lipinski definition) is 2. The standard InChI is InChI=1S/C26H42N2O12/c1-8-9-10-11-12-27-23(35)13-21(37-17(4)31)24(28-15(2)29)26(40-20(7)34)25(39-19(6)33)22(38-18(5)32)14-36-16(3)30/h21-22,24-26H,8-14H2,1-7H3,(H,27,35)(H,28,29)/t21-,22+,24+,25+,26+/m0/s1. The Bertz CT molecular complexity index is 891. The fourth-order valence-electron chi connectivity index (χ4n) is 3.80. The van der Waals surface area contributed by atoms with Crippen LogP contribution in [0.25, 0.3) is 0 Å². The predicted octanol–water partition coefficient (Wildman–Crippen LogP) is 0.868. The lowest BCUT2D eigenvalue weighted by molar-refractivity contribution is -0.196. The minimum absolute atomic E-state index is 0.358. The molecule has 0 aliphatic heterocycles. The molecule has 0 aromatic heterocycles. The summed E-state index contributed by atoms with van der Waals surface area (Å²) in [4.78, 5) is 84.7. The number of nitrogens with one attached hydrogen (secondary N) is 2. The Hall–Kier alpha value is -3.71. The molecule has 0 saturated carbocycles. The molecule has 2 N–H and O–H groups in total. The number of hydrogen-bond acceptors (Lipinski definition) is 12. The van der Waals surface area contributed by atoms with E-state index in [0.717, 1.165) is 67.2 Å². The summed E-state index contributed by atoms with van der Waals surface area (Å²) in [6.45, 7) is 8.18. The third-order valence-corrected chi connectivity index (χ3v) is 5.24. The summed E-state index contributed by atoms with van der Waals surface area (Å²) in [5.41, 5.74) is 0.